The van der Waals surface area contributed by atoms with Crippen molar-refractivity contribution in [2.75, 3.05) is 5.32 Å². The van der Waals surface area contributed by atoms with Gasteiger partial charge in [0.2, 0.25) is 5.91 Å². The first-order chi connectivity index (χ1) is 12.0. The fourth-order valence-electron chi connectivity index (χ4n) is 2.07. The number of fused-ring (bicyclic) bond motifs is 1. The predicted octanol–water partition coefficient (Wildman–Crippen LogP) is 3.41. The summed E-state index contributed by atoms with van der Waals surface area (Å²) in [5.74, 6) is -0.347. The molecular weight excluding hydrogens is 366 g/mol. The number of nitro groups is 1. The van der Waals surface area contributed by atoms with Gasteiger partial charge in [-0.1, -0.05) is 29.4 Å². The first-order valence-corrected chi connectivity index (χ1v) is 8.42. The molecule has 2 aromatic heterocycles. The number of anilines is 1. The van der Waals surface area contributed by atoms with E-state index in [2.05, 4.69) is 15.5 Å². The van der Waals surface area contributed by atoms with E-state index in [0.29, 0.717) is 10.8 Å². The molecular formula is C15H12ClN5O3S. The lowest BCUT2D eigenvalue weighted by Crippen LogP contribution is -2.23. The Morgan fingerprint density at radius 1 is 1.36 bits per heavy atom. The summed E-state index contributed by atoms with van der Waals surface area (Å²) >= 11 is 7.22. The summed E-state index contributed by atoms with van der Waals surface area (Å²) in [7, 11) is 0. The molecule has 1 N–H and O–H groups in total. The molecule has 1 aromatic carbocycles. The standard InChI is InChI=1S/C15H12ClN5O3S/c1-9(25-15-19-18-13-4-2-3-7-20(13)15)14(22)17-12-8-10(21(23)24)5-6-11(12)16/h2-9H,1H3,(H,17,22)/t9-/m1/s1. The molecule has 128 valence electrons. The van der Waals surface area contributed by atoms with E-state index in [0.717, 1.165) is 0 Å². The molecule has 0 saturated carbocycles. The van der Waals surface area contributed by atoms with Gasteiger partial charge in [-0.15, -0.1) is 10.2 Å². The van der Waals surface area contributed by atoms with Crippen LogP contribution in [0.25, 0.3) is 5.65 Å². The number of thioether (sulfide) groups is 1. The van der Waals surface area contributed by atoms with Crippen LogP contribution >= 0.6 is 23.4 Å². The molecule has 3 aromatic rings. The van der Waals surface area contributed by atoms with Gasteiger partial charge in [0.1, 0.15) is 0 Å². The highest BCUT2D eigenvalue weighted by Gasteiger charge is 2.20. The zero-order chi connectivity index (χ0) is 18.0. The number of rotatable bonds is 5. The summed E-state index contributed by atoms with van der Waals surface area (Å²) < 4.78 is 1.77. The van der Waals surface area contributed by atoms with E-state index in [4.69, 9.17) is 11.6 Å². The van der Waals surface area contributed by atoms with Crippen molar-refractivity contribution >= 4 is 46.3 Å². The molecule has 0 unspecified atom stereocenters. The van der Waals surface area contributed by atoms with Crippen LogP contribution in [-0.4, -0.2) is 30.7 Å². The maximum atomic E-state index is 12.4. The number of hydrogen-bond acceptors (Lipinski definition) is 6. The van der Waals surface area contributed by atoms with Crippen LogP contribution in [0.15, 0.2) is 47.8 Å². The first kappa shape index (κ1) is 17.2. The second kappa shape index (κ2) is 7.08. The molecule has 0 aliphatic heterocycles. The SMILES string of the molecule is C[C@@H](Sc1nnc2ccccn12)C(=O)Nc1cc([N+](=O)[O-])ccc1Cl. The van der Waals surface area contributed by atoms with Crippen molar-refractivity contribution in [2.45, 2.75) is 17.3 Å². The summed E-state index contributed by atoms with van der Waals surface area (Å²) in [4.78, 5) is 22.7. The first-order valence-electron chi connectivity index (χ1n) is 7.17. The Morgan fingerprint density at radius 3 is 2.92 bits per heavy atom. The molecule has 1 atom stereocenters. The minimum atomic E-state index is -0.549. The minimum Gasteiger partial charge on any atom is -0.324 e. The maximum Gasteiger partial charge on any atom is 0.271 e. The Morgan fingerprint density at radius 2 is 2.16 bits per heavy atom. The van der Waals surface area contributed by atoms with E-state index in [9.17, 15) is 14.9 Å². The molecule has 0 spiro atoms. The second-order valence-corrected chi connectivity index (χ2v) is 6.80. The smallest absolute Gasteiger partial charge is 0.271 e. The van der Waals surface area contributed by atoms with Gasteiger partial charge in [-0.05, 0) is 25.1 Å². The number of carbonyl (C=O) groups excluding carboxylic acids is 1. The average molecular weight is 378 g/mol. The van der Waals surface area contributed by atoms with Crippen molar-refractivity contribution in [1.82, 2.24) is 14.6 Å². The van der Waals surface area contributed by atoms with Crippen LogP contribution in [0.2, 0.25) is 5.02 Å². The number of hydrogen-bond donors (Lipinski definition) is 1. The van der Waals surface area contributed by atoms with Crippen LogP contribution in [-0.2, 0) is 4.79 Å². The molecule has 1 amide bonds. The Hall–Kier alpha value is -2.65. The molecule has 3 rings (SSSR count). The van der Waals surface area contributed by atoms with Gasteiger partial charge in [-0.25, -0.2) is 0 Å². The summed E-state index contributed by atoms with van der Waals surface area (Å²) in [6.45, 7) is 1.70. The molecule has 25 heavy (non-hydrogen) atoms. The van der Waals surface area contributed by atoms with Gasteiger partial charge >= 0.3 is 0 Å². The number of amides is 1. The van der Waals surface area contributed by atoms with Gasteiger partial charge in [0.25, 0.3) is 5.69 Å². The zero-order valence-electron chi connectivity index (χ0n) is 12.9. The van der Waals surface area contributed by atoms with Gasteiger partial charge in [0, 0.05) is 18.3 Å². The topological polar surface area (TPSA) is 102 Å². The van der Waals surface area contributed by atoms with Gasteiger partial charge in [-0.3, -0.25) is 19.3 Å². The van der Waals surface area contributed by atoms with Crippen molar-refractivity contribution in [3.8, 4) is 0 Å². The summed E-state index contributed by atoms with van der Waals surface area (Å²) in [5.41, 5.74) is 0.724. The average Bonchev–Trinajstić information content (AvgIpc) is 2.99. The van der Waals surface area contributed by atoms with Crippen molar-refractivity contribution in [3.63, 3.8) is 0 Å². The van der Waals surface area contributed by atoms with E-state index >= 15 is 0 Å². The van der Waals surface area contributed by atoms with Crippen molar-refractivity contribution in [3.05, 3.63) is 57.7 Å². The number of halogens is 1. The third kappa shape index (κ3) is 3.72. The lowest BCUT2D eigenvalue weighted by Gasteiger charge is -2.12. The monoisotopic (exact) mass is 377 g/mol. The lowest BCUT2D eigenvalue weighted by molar-refractivity contribution is -0.384. The predicted molar refractivity (Wildman–Crippen MR) is 95.0 cm³/mol. The molecule has 0 radical (unpaired) electrons. The van der Waals surface area contributed by atoms with Gasteiger partial charge in [0.15, 0.2) is 10.8 Å². The lowest BCUT2D eigenvalue weighted by atomic mass is 10.2. The summed E-state index contributed by atoms with van der Waals surface area (Å²) in [5, 5.41) is 21.8. The highest BCUT2D eigenvalue weighted by atomic mass is 35.5. The Balaban J connectivity index is 1.75. The van der Waals surface area contributed by atoms with Gasteiger partial charge in [0.05, 0.1) is 20.9 Å². The van der Waals surface area contributed by atoms with Gasteiger partial charge in [-0.2, -0.15) is 0 Å². The molecule has 0 bridgehead atoms. The van der Waals surface area contributed by atoms with Crippen LogP contribution < -0.4 is 5.32 Å². The Kier molecular flexibility index (Phi) is 4.86. The highest BCUT2D eigenvalue weighted by Crippen LogP contribution is 2.28. The summed E-state index contributed by atoms with van der Waals surface area (Å²) in [6, 6.07) is 9.37. The molecule has 10 heteroatoms. The molecule has 2 heterocycles. The normalized spacial score (nSPS) is 12.1. The number of nitrogens with one attached hydrogen (secondary N) is 1. The number of carbonyl (C=O) groups is 1. The molecule has 0 saturated heterocycles. The quantitative estimate of drug-likeness (QED) is 0.415. The van der Waals surface area contributed by atoms with Crippen LogP contribution in [0.3, 0.4) is 0 Å². The van der Waals surface area contributed by atoms with Crippen molar-refractivity contribution in [1.29, 1.82) is 0 Å². The number of pyridine rings is 1. The zero-order valence-corrected chi connectivity index (χ0v) is 14.5. The Labute approximate surface area is 151 Å². The molecule has 8 nitrogen and oxygen atoms in total. The molecule has 0 aliphatic carbocycles. The largest absolute Gasteiger partial charge is 0.324 e. The Bertz CT molecular complexity index is 961. The van der Waals surface area contributed by atoms with Crippen LogP contribution in [0, 0.1) is 10.1 Å². The van der Waals surface area contributed by atoms with Crippen LogP contribution in [0.5, 0.6) is 0 Å². The maximum absolute atomic E-state index is 12.4. The third-order valence-corrected chi connectivity index (χ3v) is 4.74. The fourth-order valence-corrected chi connectivity index (χ4v) is 3.07. The van der Waals surface area contributed by atoms with Crippen molar-refractivity contribution < 1.29 is 9.72 Å². The number of nitro benzene ring substituents is 1. The number of benzene rings is 1. The van der Waals surface area contributed by atoms with Crippen LogP contribution in [0.4, 0.5) is 11.4 Å². The van der Waals surface area contributed by atoms with E-state index in [1.807, 2.05) is 18.2 Å². The number of non-ortho nitro benzene ring substituents is 1. The number of aromatic nitrogens is 3. The van der Waals surface area contributed by atoms with Crippen molar-refractivity contribution in [2.24, 2.45) is 0 Å². The van der Waals surface area contributed by atoms with E-state index in [1.54, 1.807) is 17.5 Å². The van der Waals surface area contributed by atoms with Gasteiger partial charge < -0.3 is 5.32 Å². The highest BCUT2D eigenvalue weighted by molar-refractivity contribution is 8.00. The van der Waals surface area contributed by atoms with E-state index < -0.39 is 10.2 Å². The minimum absolute atomic E-state index is 0.150. The third-order valence-electron chi connectivity index (χ3n) is 3.35. The number of nitrogens with zero attached hydrogens (tertiary/aromatic N) is 4. The van der Waals surface area contributed by atoms with E-state index in [1.165, 1.54) is 30.0 Å². The molecule has 0 fully saturated rings. The second-order valence-electron chi connectivity index (χ2n) is 5.08. The van der Waals surface area contributed by atoms with E-state index in [-0.39, 0.29) is 22.3 Å². The van der Waals surface area contributed by atoms with Crippen LogP contribution in [0.1, 0.15) is 6.92 Å². The molecule has 0 aliphatic rings. The summed E-state index contributed by atoms with van der Waals surface area (Å²) in [6.07, 6.45) is 1.81. The fraction of sp³-hybridized carbons (Fsp3) is 0.133.